The van der Waals surface area contributed by atoms with Crippen molar-refractivity contribution in [1.82, 2.24) is 5.32 Å². The molecule has 0 saturated carbocycles. The molecule has 1 N–H and O–H groups in total. The number of amides is 1. The molecule has 2 aliphatic rings. The molecule has 0 bridgehead atoms. The van der Waals surface area contributed by atoms with E-state index >= 15 is 0 Å². The number of hydrogen-bond donors (Lipinski definition) is 1. The van der Waals surface area contributed by atoms with E-state index in [1.807, 2.05) is 24.3 Å². The van der Waals surface area contributed by atoms with Gasteiger partial charge in [-0.05, 0) is 37.8 Å². The van der Waals surface area contributed by atoms with Crippen molar-refractivity contribution < 1.29 is 14.3 Å². The SMILES string of the molecule is O=C(NCC1=CCCCC1)C1COc2ccccc2O1. The predicted molar refractivity (Wildman–Crippen MR) is 75.9 cm³/mol. The van der Waals surface area contributed by atoms with Crippen LogP contribution in [-0.4, -0.2) is 25.2 Å². The van der Waals surface area contributed by atoms with Gasteiger partial charge in [-0.1, -0.05) is 23.8 Å². The summed E-state index contributed by atoms with van der Waals surface area (Å²) in [6, 6.07) is 7.42. The molecule has 1 aliphatic heterocycles. The van der Waals surface area contributed by atoms with Crippen LogP contribution in [0.2, 0.25) is 0 Å². The van der Waals surface area contributed by atoms with E-state index < -0.39 is 6.10 Å². The lowest BCUT2D eigenvalue weighted by atomic mass is 10.00. The first-order chi connectivity index (χ1) is 9.83. The number of carbonyl (C=O) groups excluding carboxylic acids is 1. The first kappa shape index (κ1) is 13.0. The van der Waals surface area contributed by atoms with E-state index in [1.54, 1.807) is 0 Å². The standard InChI is InChI=1S/C16H19NO3/c18-16(17-10-12-6-2-1-3-7-12)15-11-19-13-8-4-5-9-14(13)20-15/h4-6,8-9,15H,1-3,7,10-11H2,(H,17,18). The Labute approximate surface area is 118 Å². The van der Waals surface area contributed by atoms with E-state index in [4.69, 9.17) is 9.47 Å². The lowest BCUT2D eigenvalue weighted by Crippen LogP contribution is -2.44. The summed E-state index contributed by atoms with van der Waals surface area (Å²) in [5.41, 5.74) is 1.32. The maximum atomic E-state index is 12.1. The fraction of sp³-hybridized carbons (Fsp3) is 0.438. The third-order valence-corrected chi connectivity index (χ3v) is 3.68. The van der Waals surface area contributed by atoms with Crippen LogP contribution < -0.4 is 14.8 Å². The Balaban J connectivity index is 1.55. The molecule has 106 valence electrons. The van der Waals surface area contributed by atoms with Crippen molar-refractivity contribution in [3.8, 4) is 11.5 Å². The lowest BCUT2D eigenvalue weighted by Gasteiger charge is -2.25. The van der Waals surface area contributed by atoms with Gasteiger partial charge in [0.25, 0.3) is 5.91 Å². The summed E-state index contributed by atoms with van der Waals surface area (Å²) >= 11 is 0. The van der Waals surface area contributed by atoms with Gasteiger partial charge in [0.1, 0.15) is 6.61 Å². The van der Waals surface area contributed by atoms with Crippen molar-refractivity contribution in [1.29, 1.82) is 0 Å². The molecule has 4 nitrogen and oxygen atoms in total. The fourth-order valence-corrected chi connectivity index (χ4v) is 2.53. The summed E-state index contributed by atoms with van der Waals surface area (Å²) in [5.74, 6) is 1.23. The molecule has 0 spiro atoms. The molecule has 1 aliphatic carbocycles. The number of ether oxygens (including phenoxy) is 2. The molecular formula is C16H19NO3. The second kappa shape index (κ2) is 5.99. The Morgan fingerprint density at radius 1 is 1.25 bits per heavy atom. The van der Waals surface area contributed by atoms with Crippen molar-refractivity contribution in [3.05, 3.63) is 35.9 Å². The van der Waals surface area contributed by atoms with Crippen LogP contribution in [0.4, 0.5) is 0 Å². The fourth-order valence-electron chi connectivity index (χ4n) is 2.53. The Kier molecular flexibility index (Phi) is 3.90. The Morgan fingerprint density at radius 2 is 2.10 bits per heavy atom. The van der Waals surface area contributed by atoms with Crippen LogP contribution in [-0.2, 0) is 4.79 Å². The van der Waals surface area contributed by atoms with Gasteiger partial charge in [0.15, 0.2) is 11.5 Å². The highest BCUT2D eigenvalue weighted by Crippen LogP contribution is 2.30. The van der Waals surface area contributed by atoms with E-state index in [0.717, 1.165) is 12.8 Å². The highest BCUT2D eigenvalue weighted by Gasteiger charge is 2.27. The second-order valence-electron chi connectivity index (χ2n) is 5.19. The molecule has 20 heavy (non-hydrogen) atoms. The molecule has 1 atom stereocenters. The Morgan fingerprint density at radius 3 is 2.90 bits per heavy atom. The van der Waals surface area contributed by atoms with E-state index in [0.29, 0.717) is 18.0 Å². The van der Waals surface area contributed by atoms with Crippen molar-refractivity contribution in [2.24, 2.45) is 0 Å². The summed E-state index contributed by atoms with van der Waals surface area (Å²) in [5, 5.41) is 2.94. The largest absolute Gasteiger partial charge is 0.485 e. The molecule has 1 unspecified atom stereocenters. The van der Waals surface area contributed by atoms with Crippen LogP contribution in [0.25, 0.3) is 0 Å². The minimum absolute atomic E-state index is 0.106. The van der Waals surface area contributed by atoms with Crippen LogP contribution in [0.1, 0.15) is 25.7 Å². The average molecular weight is 273 g/mol. The van der Waals surface area contributed by atoms with Gasteiger partial charge >= 0.3 is 0 Å². The molecule has 1 aromatic rings. The summed E-state index contributed by atoms with van der Waals surface area (Å²) < 4.78 is 11.2. The molecule has 0 saturated heterocycles. The van der Waals surface area contributed by atoms with Gasteiger partial charge in [-0.2, -0.15) is 0 Å². The predicted octanol–water partition coefficient (Wildman–Crippen LogP) is 2.44. The van der Waals surface area contributed by atoms with Gasteiger partial charge in [0, 0.05) is 6.54 Å². The van der Waals surface area contributed by atoms with Crippen molar-refractivity contribution in [3.63, 3.8) is 0 Å². The van der Waals surface area contributed by atoms with Crippen molar-refractivity contribution >= 4 is 5.91 Å². The number of nitrogens with one attached hydrogen (secondary N) is 1. The maximum Gasteiger partial charge on any atom is 0.264 e. The van der Waals surface area contributed by atoms with Crippen LogP contribution in [0.3, 0.4) is 0 Å². The zero-order valence-electron chi connectivity index (χ0n) is 11.4. The molecular weight excluding hydrogens is 254 g/mol. The Bertz CT molecular complexity index is 524. The number of allylic oxidation sites excluding steroid dienone is 1. The minimum atomic E-state index is -0.561. The molecule has 0 fully saturated rings. The van der Waals surface area contributed by atoms with Crippen LogP contribution in [0.15, 0.2) is 35.9 Å². The van der Waals surface area contributed by atoms with Crippen molar-refractivity contribution in [2.45, 2.75) is 31.8 Å². The van der Waals surface area contributed by atoms with Crippen molar-refractivity contribution in [2.75, 3.05) is 13.2 Å². The highest BCUT2D eigenvalue weighted by atomic mass is 16.6. The van der Waals surface area contributed by atoms with Crippen LogP contribution in [0.5, 0.6) is 11.5 Å². The molecule has 3 rings (SSSR count). The highest BCUT2D eigenvalue weighted by molar-refractivity contribution is 5.82. The first-order valence-electron chi connectivity index (χ1n) is 7.17. The zero-order chi connectivity index (χ0) is 13.8. The van der Waals surface area contributed by atoms with Gasteiger partial charge in [-0.3, -0.25) is 4.79 Å². The Hall–Kier alpha value is -1.97. The molecule has 1 heterocycles. The third kappa shape index (κ3) is 2.95. The normalized spacial score (nSPS) is 21.0. The summed E-state index contributed by atoms with van der Waals surface area (Å²) in [4.78, 5) is 12.1. The number of carbonyl (C=O) groups is 1. The summed E-state index contributed by atoms with van der Waals surface area (Å²) in [6.07, 6.45) is 6.37. The molecule has 4 heteroatoms. The minimum Gasteiger partial charge on any atom is -0.485 e. The zero-order valence-corrected chi connectivity index (χ0v) is 11.4. The van der Waals surface area contributed by atoms with E-state index in [2.05, 4.69) is 11.4 Å². The topological polar surface area (TPSA) is 47.6 Å². The quantitative estimate of drug-likeness (QED) is 0.860. The monoisotopic (exact) mass is 273 g/mol. The number of para-hydroxylation sites is 2. The van der Waals surface area contributed by atoms with E-state index in [9.17, 15) is 4.79 Å². The number of fused-ring (bicyclic) bond motifs is 1. The maximum absolute atomic E-state index is 12.1. The van der Waals surface area contributed by atoms with Gasteiger partial charge in [0.2, 0.25) is 6.10 Å². The molecule has 0 radical (unpaired) electrons. The van der Waals surface area contributed by atoms with Gasteiger partial charge in [0.05, 0.1) is 0 Å². The molecule has 0 aromatic heterocycles. The number of hydrogen-bond acceptors (Lipinski definition) is 3. The van der Waals surface area contributed by atoms with Gasteiger partial charge in [-0.15, -0.1) is 0 Å². The number of benzene rings is 1. The van der Waals surface area contributed by atoms with E-state index in [-0.39, 0.29) is 12.5 Å². The number of rotatable bonds is 3. The van der Waals surface area contributed by atoms with E-state index in [1.165, 1.54) is 18.4 Å². The first-order valence-corrected chi connectivity index (χ1v) is 7.17. The average Bonchev–Trinajstić information content (AvgIpc) is 2.53. The summed E-state index contributed by atoms with van der Waals surface area (Å²) in [6.45, 7) is 0.891. The molecule has 1 aromatic carbocycles. The summed E-state index contributed by atoms with van der Waals surface area (Å²) in [7, 11) is 0. The smallest absolute Gasteiger partial charge is 0.264 e. The van der Waals surface area contributed by atoms with Gasteiger partial charge < -0.3 is 14.8 Å². The van der Waals surface area contributed by atoms with Crippen LogP contribution >= 0.6 is 0 Å². The lowest BCUT2D eigenvalue weighted by molar-refractivity contribution is -0.130. The van der Waals surface area contributed by atoms with Gasteiger partial charge in [-0.25, -0.2) is 0 Å². The third-order valence-electron chi connectivity index (χ3n) is 3.68. The van der Waals surface area contributed by atoms with Crippen LogP contribution in [0, 0.1) is 0 Å². The second-order valence-corrected chi connectivity index (χ2v) is 5.19. The molecule has 1 amide bonds.